The zero-order valence-electron chi connectivity index (χ0n) is 10.2. The van der Waals surface area contributed by atoms with Crippen molar-refractivity contribution >= 4 is 0 Å². The molecule has 0 spiro atoms. The largest absolute Gasteiger partial charge is 0.436 e. The summed E-state index contributed by atoms with van der Waals surface area (Å²) in [5.41, 5.74) is 0.674. The van der Waals surface area contributed by atoms with Gasteiger partial charge < -0.3 is 9.84 Å². The molecule has 1 atom stereocenters. The number of aliphatic hydroxyl groups is 1. The number of benzene rings is 1. The van der Waals surface area contributed by atoms with Crippen LogP contribution in [0.5, 0.6) is 11.6 Å². The van der Waals surface area contributed by atoms with E-state index < -0.39 is 11.9 Å². The molecule has 0 unspecified atom stereocenters. The van der Waals surface area contributed by atoms with Gasteiger partial charge in [-0.1, -0.05) is 0 Å². The van der Waals surface area contributed by atoms with Crippen LogP contribution in [-0.2, 0) is 0 Å². The number of rotatable bonds is 3. The van der Waals surface area contributed by atoms with Gasteiger partial charge in [0.2, 0.25) is 5.88 Å². The maximum absolute atomic E-state index is 13.7. The number of nitriles is 1. The minimum Gasteiger partial charge on any atom is -0.436 e. The van der Waals surface area contributed by atoms with Crippen LogP contribution in [0.2, 0.25) is 0 Å². The summed E-state index contributed by atoms with van der Waals surface area (Å²) in [6, 6.07) is 9.03. The van der Waals surface area contributed by atoms with Crippen LogP contribution >= 0.6 is 0 Å². The maximum atomic E-state index is 13.7. The number of aliphatic hydroxyl groups excluding tert-OH is 1. The van der Waals surface area contributed by atoms with Crippen molar-refractivity contribution in [1.82, 2.24) is 4.98 Å². The van der Waals surface area contributed by atoms with Gasteiger partial charge in [0.25, 0.3) is 0 Å². The lowest BCUT2D eigenvalue weighted by Crippen LogP contribution is -1.99. The van der Waals surface area contributed by atoms with Crippen LogP contribution in [0.3, 0.4) is 0 Å². The van der Waals surface area contributed by atoms with Gasteiger partial charge in [0.1, 0.15) is 0 Å². The second kappa shape index (κ2) is 5.46. The van der Waals surface area contributed by atoms with Gasteiger partial charge in [-0.2, -0.15) is 5.26 Å². The molecule has 0 aliphatic heterocycles. The van der Waals surface area contributed by atoms with Gasteiger partial charge in [0.15, 0.2) is 11.6 Å². The Bertz CT molecular complexity index is 636. The zero-order valence-corrected chi connectivity index (χ0v) is 10.2. The zero-order chi connectivity index (χ0) is 13.8. The third-order valence-corrected chi connectivity index (χ3v) is 2.52. The predicted molar refractivity (Wildman–Crippen MR) is 66.1 cm³/mol. The summed E-state index contributed by atoms with van der Waals surface area (Å²) >= 11 is 0. The first-order valence-corrected chi connectivity index (χ1v) is 5.62. The van der Waals surface area contributed by atoms with E-state index in [4.69, 9.17) is 10.00 Å². The maximum Gasteiger partial charge on any atom is 0.225 e. The summed E-state index contributed by atoms with van der Waals surface area (Å²) in [4.78, 5) is 3.97. The lowest BCUT2D eigenvalue weighted by Gasteiger charge is -2.12. The fourth-order valence-corrected chi connectivity index (χ4v) is 1.56. The minimum atomic E-state index is -0.773. The monoisotopic (exact) mass is 258 g/mol. The molecule has 0 aliphatic rings. The van der Waals surface area contributed by atoms with Gasteiger partial charge in [-0.25, -0.2) is 9.37 Å². The number of hydrogen-bond acceptors (Lipinski definition) is 4. The molecule has 4 nitrogen and oxygen atoms in total. The van der Waals surface area contributed by atoms with Crippen molar-refractivity contribution in [1.29, 1.82) is 5.26 Å². The first-order chi connectivity index (χ1) is 9.11. The first-order valence-electron chi connectivity index (χ1n) is 5.62. The highest BCUT2D eigenvalue weighted by molar-refractivity contribution is 5.39. The van der Waals surface area contributed by atoms with Crippen molar-refractivity contribution in [3.05, 3.63) is 53.5 Å². The second-order valence-corrected chi connectivity index (χ2v) is 3.93. The van der Waals surface area contributed by atoms with E-state index in [1.807, 2.05) is 6.07 Å². The fourth-order valence-electron chi connectivity index (χ4n) is 1.56. The van der Waals surface area contributed by atoms with E-state index in [1.54, 1.807) is 19.1 Å². The van der Waals surface area contributed by atoms with Crippen molar-refractivity contribution in [2.24, 2.45) is 0 Å². The van der Waals surface area contributed by atoms with E-state index in [9.17, 15) is 9.50 Å². The van der Waals surface area contributed by atoms with E-state index in [-0.39, 0.29) is 17.2 Å². The third kappa shape index (κ3) is 2.87. The molecule has 0 saturated carbocycles. The third-order valence-electron chi connectivity index (χ3n) is 2.52. The number of nitrogens with zero attached hydrogens (tertiary/aromatic N) is 2. The molecule has 0 amide bonds. The Labute approximate surface area is 109 Å². The Kier molecular flexibility index (Phi) is 3.74. The molecular weight excluding hydrogens is 247 g/mol. The molecule has 0 saturated heterocycles. The Morgan fingerprint density at radius 2 is 2.21 bits per heavy atom. The lowest BCUT2D eigenvalue weighted by atomic mass is 10.2. The van der Waals surface area contributed by atoms with Crippen LogP contribution in [0.1, 0.15) is 24.2 Å². The SMILES string of the molecule is C[C@@H](O)c1cccnc1Oc1ccc(C#N)cc1F. The van der Waals surface area contributed by atoms with Gasteiger partial charge in [0.05, 0.1) is 17.7 Å². The van der Waals surface area contributed by atoms with Gasteiger partial charge in [0, 0.05) is 11.8 Å². The summed E-state index contributed by atoms with van der Waals surface area (Å²) in [5.74, 6) is -0.554. The van der Waals surface area contributed by atoms with E-state index in [1.165, 1.54) is 18.3 Å². The molecule has 96 valence electrons. The molecule has 0 radical (unpaired) electrons. The molecule has 1 aromatic carbocycles. The smallest absolute Gasteiger partial charge is 0.225 e. The van der Waals surface area contributed by atoms with Gasteiger partial charge in [-0.15, -0.1) is 0 Å². The molecule has 1 aromatic heterocycles. The van der Waals surface area contributed by atoms with Crippen molar-refractivity contribution in [3.8, 4) is 17.7 Å². The quantitative estimate of drug-likeness (QED) is 0.919. The second-order valence-electron chi connectivity index (χ2n) is 3.93. The average Bonchev–Trinajstić information content (AvgIpc) is 2.41. The van der Waals surface area contributed by atoms with Gasteiger partial charge in [-0.3, -0.25) is 0 Å². The highest BCUT2D eigenvalue weighted by Gasteiger charge is 2.13. The number of pyridine rings is 1. The predicted octanol–water partition coefficient (Wildman–Crippen LogP) is 2.94. The molecular formula is C14H11FN2O2. The Balaban J connectivity index is 2.34. The first kappa shape index (κ1) is 13.0. The Hall–Kier alpha value is -2.45. The molecule has 19 heavy (non-hydrogen) atoms. The molecule has 1 N–H and O–H groups in total. The summed E-state index contributed by atoms with van der Waals surface area (Å²) in [7, 11) is 0. The van der Waals surface area contributed by atoms with Crippen LogP contribution in [-0.4, -0.2) is 10.1 Å². The molecule has 2 rings (SSSR count). The molecule has 2 aromatic rings. The van der Waals surface area contributed by atoms with Crippen molar-refractivity contribution in [2.75, 3.05) is 0 Å². The van der Waals surface area contributed by atoms with Crippen molar-refractivity contribution in [3.63, 3.8) is 0 Å². The fraction of sp³-hybridized carbons (Fsp3) is 0.143. The molecule has 5 heteroatoms. The van der Waals surface area contributed by atoms with Crippen LogP contribution in [0.15, 0.2) is 36.5 Å². The van der Waals surface area contributed by atoms with Crippen molar-refractivity contribution in [2.45, 2.75) is 13.0 Å². The van der Waals surface area contributed by atoms with Gasteiger partial charge in [-0.05, 0) is 37.3 Å². The highest BCUT2D eigenvalue weighted by Crippen LogP contribution is 2.29. The van der Waals surface area contributed by atoms with Crippen molar-refractivity contribution < 1.29 is 14.2 Å². The Morgan fingerprint density at radius 3 is 2.84 bits per heavy atom. The molecule has 0 fully saturated rings. The minimum absolute atomic E-state index is 0.0420. The summed E-state index contributed by atoms with van der Waals surface area (Å²) in [5, 5.41) is 18.2. The van der Waals surface area contributed by atoms with E-state index in [0.717, 1.165) is 6.07 Å². The van der Waals surface area contributed by atoms with Crippen LogP contribution in [0.25, 0.3) is 0 Å². The Morgan fingerprint density at radius 1 is 1.42 bits per heavy atom. The van der Waals surface area contributed by atoms with E-state index >= 15 is 0 Å². The van der Waals surface area contributed by atoms with Crippen LogP contribution < -0.4 is 4.74 Å². The van der Waals surface area contributed by atoms with E-state index in [0.29, 0.717) is 5.56 Å². The lowest BCUT2D eigenvalue weighted by molar-refractivity contribution is 0.194. The van der Waals surface area contributed by atoms with E-state index in [2.05, 4.69) is 4.98 Å². The van der Waals surface area contributed by atoms with Crippen LogP contribution in [0.4, 0.5) is 4.39 Å². The summed E-state index contributed by atoms with van der Waals surface area (Å²) in [6.07, 6.45) is 0.716. The molecule has 0 aliphatic carbocycles. The average molecular weight is 258 g/mol. The molecule has 1 heterocycles. The number of ether oxygens (including phenoxy) is 1. The standard InChI is InChI=1S/C14H11FN2O2/c1-9(18)11-3-2-6-17-14(11)19-13-5-4-10(8-16)7-12(13)15/h2-7,9,18H,1H3/t9-/m1/s1. The summed E-state index contributed by atoms with van der Waals surface area (Å²) in [6.45, 7) is 1.57. The molecule has 0 bridgehead atoms. The normalized spacial score (nSPS) is 11.7. The number of hydrogen-bond donors (Lipinski definition) is 1. The topological polar surface area (TPSA) is 66.1 Å². The van der Waals surface area contributed by atoms with Gasteiger partial charge >= 0.3 is 0 Å². The van der Waals surface area contributed by atoms with Crippen LogP contribution in [0, 0.1) is 17.1 Å². The summed E-state index contributed by atoms with van der Waals surface area (Å²) < 4.78 is 19.0. The number of halogens is 1. The highest BCUT2D eigenvalue weighted by atomic mass is 19.1. The number of aromatic nitrogens is 1.